The Bertz CT molecular complexity index is 657. The lowest BCUT2D eigenvalue weighted by molar-refractivity contribution is -0.124. The molecule has 1 amide bonds. The van der Waals surface area contributed by atoms with Crippen LogP contribution in [0, 0.1) is 11.7 Å². The van der Waals surface area contributed by atoms with Crippen molar-refractivity contribution in [3.63, 3.8) is 0 Å². The molecule has 1 atom stereocenters. The maximum atomic E-state index is 13.6. The van der Waals surface area contributed by atoms with Crippen LogP contribution >= 0.6 is 0 Å². The van der Waals surface area contributed by atoms with E-state index in [2.05, 4.69) is 5.32 Å². The van der Waals surface area contributed by atoms with E-state index in [9.17, 15) is 14.3 Å². The van der Waals surface area contributed by atoms with Crippen LogP contribution in [0.1, 0.15) is 30.0 Å². The van der Waals surface area contributed by atoms with Crippen LogP contribution in [0.25, 0.3) is 0 Å². The lowest BCUT2D eigenvalue weighted by Crippen LogP contribution is -2.29. The van der Waals surface area contributed by atoms with Gasteiger partial charge in [0, 0.05) is 12.5 Å². The molecule has 0 aliphatic carbocycles. The summed E-state index contributed by atoms with van der Waals surface area (Å²) in [6, 6.07) is 14.1. The minimum atomic E-state index is -0.225. The molecule has 1 unspecified atom stereocenters. The Balaban J connectivity index is 1.84. The minimum Gasteiger partial charge on any atom is -0.392 e. The van der Waals surface area contributed by atoms with Gasteiger partial charge in [0.2, 0.25) is 5.91 Å². The van der Waals surface area contributed by atoms with Crippen LogP contribution < -0.4 is 5.32 Å². The number of rotatable bonds is 7. The zero-order valence-corrected chi connectivity index (χ0v) is 13.3. The van der Waals surface area contributed by atoms with E-state index in [0.717, 1.165) is 11.1 Å². The summed E-state index contributed by atoms with van der Waals surface area (Å²) in [6.45, 7) is 2.18. The highest BCUT2D eigenvalue weighted by Gasteiger charge is 2.14. The molecule has 0 aliphatic rings. The number of aryl methyl sites for hydroxylation is 1. The molecule has 3 nitrogen and oxygen atoms in total. The lowest BCUT2D eigenvalue weighted by atomic mass is 10.00. The molecule has 0 saturated heterocycles. The van der Waals surface area contributed by atoms with Gasteiger partial charge in [-0.1, -0.05) is 49.4 Å². The van der Waals surface area contributed by atoms with Crippen LogP contribution in [0.15, 0.2) is 48.5 Å². The highest BCUT2D eigenvalue weighted by molar-refractivity contribution is 5.78. The molecule has 4 heteroatoms. The van der Waals surface area contributed by atoms with Crippen molar-refractivity contribution in [1.29, 1.82) is 0 Å². The van der Waals surface area contributed by atoms with Crippen molar-refractivity contribution < 1.29 is 14.3 Å². The Kier molecular flexibility index (Phi) is 6.29. The van der Waals surface area contributed by atoms with Crippen molar-refractivity contribution >= 4 is 5.91 Å². The molecule has 0 aliphatic heterocycles. The molecule has 0 radical (unpaired) electrons. The van der Waals surface area contributed by atoms with Gasteiger partial charge in [0.15, 0.2) is 0 Å². The molecule has 2 N–H and O–H groups in total. The maximum absolute atomic E-state index is 13.6. The first-order valence-corrected chi connectivity index (χ1v) is 7.80. The second kappa shape index (κ2) is 8.44. The smallest absolute Gasteiger partial charge is 0.223 e. The Labute approximate surface area is 136 Å². The average Bonchev–Trinajstić information content (AvgIpc) is 2.58. The number of aliphatic hydroxyl groups is 1. The number of nitrogens with one attached hydrogen (secondary N) is 1. The monoisotopic (exact) mass is 315 g/mol. The number of benzene rings is 2. The molecule has 2 aromatic rings. The fraction of sp³-hybridized carbons (Fsp3) is 0.316. The third-order valence-electron chi connectivity index (χ3n) is 3.99. The summed E-state index contributed by atoms with van der Waals surface area (Å²) < 4.78 is 13.6. The summed E-state index contributed by atoms with van der Waals surface area (Å²) in [5, 5.41) is 12.2. The standard InChI is InChI=1S/C19H22FNO2/c1-14(10-11-15-6-4-5-9-18(15)20)19(23)21-12-16-7-2-3-8-17(16)13-22/h2-9,14,22H,10-13H2,1H3,(H,21,23). The van der Waals surface area contributed by atoms with Gasteiger partial charge >= 0.3 is 0 Å². The summed E-state index contributed by atoms with van der Waals surface area (Å²) in [7, 11) is 0. The quantitative estimate of drug-likeness (QED) is 0.824. The molecule has 0 bridgehead atoms. The van der Waals surface area contributed by atoms with Gasteiger partial charge in [0.05, 0.1) is 6.61 Å². The maximum Gasteiger partial charge on any atom is 0.223 e. The minimum absolute atomic E-state index is 0.0467. The zero-order chi connectivity index (χ0) is 16.7. The van der Waals surface area contributed by atoms with Crippen molar-refractivity contribution in [1.82, 2.24) is 5.32 Å². The van der Waals surface area contributed by atoms with Gasteiger partial charge in [-0.2, -0.15) is 0 Å². The van der Waals surface area contributed by atoms with Crippen LogP contribution in [0.4, 0.5) is 4.39 Å². The van der Waals surface area contributed by atoms with E-state index in [1.54, 1.807) is 18.2 Å². The van der Waals surface area contributed by atoms with E-state index < -0.39 is 0 Å². The highest BCUT2D eigenvalue weighted by Crippen LogP contribution is 2.14. The Morgan fingerprint density at radius 2 is 1.70 bits per heavy atom. The molecule has 23 heavy (non-hydrogen) atoms. The predicted octanol–water partition coefficient (Wildman–Crippen LogP) is 3.20. The molecule has 0 aromatic heterocycles. The summed E-state index contributed by atoms with van der Waals surface area (Å²) in [5.41, 5.74) is 2.36. The Hall–Kier alpha value is -2.20. The first-order chi connectivity index (χ1) is 11.1. The van der Waals surface area contributed by atoms with Crippen molar-refractivity contribution in [2.24, 2.45) is 5.92 Å². The highest BCUT2D eigenvalue weighted by atomic mass is 19.1. The first kappa shape index (κ1) is 17.2. The second-order valence-electron chi connectivity index (χ2n) is 5.68. The lowest BCUT2D eigenvalue weighted by Gasteiger charge is -2.14. The van der Waals surface area contributed by atoms with Gasteiger partial charge in [-0.05, 0) is 35.6 Å². The fourth-order valence-electron chi connectivity index (χ4n) is 2.45. The summed E-state index contributed by atoms with van der Waals surface area (Å²) in [6.07, 6.45) is 1.13. The number of carbonyl (C=O) groups is 1. The summed E-state index contributed by atoms with van der Waals surface area (Å²) >= 11 is 0. The van der Waals surface area contributed by atoms with E-state index in [1.807, 2.05) is 31.2 Å². The van der Waals surface area contributed by atoms with Crippen molar-refractivity contribution in [2.75, 3.05) is 0 Å². The van der Waals surface area contributed by atoms with Gasteiger partial charge in [-0.15, -0.1) is 0 Å². The number of aliphatic hydroxyl groups excluding tert-OH is 1. The number of hydrogen-bond donors (Lipinski definition) is 2. The van der Waals surface area contributed by atoms with E-state index in [4.69, 9.17) is 0 Å². The molecule has 0 fully saturated rings. The number of halogens is 1. The van der Waals surface area contributed by atoms with Crippen LogP contribution in [-0.4, -0.2) is 11.0 Å². The first-order valence-electron chi connectivity index (χ1n) is 7.80. The van der Waals surface area contributed by atoms with E-state index in [0.29, 0.717) is 24.9 Å². The number of hydrogen-bond acceptors (Lipinski definition) is 2. The van der Waals surface area contributed by atoms with Crippen LogP contribution in [-0.2, 0) is 24.4 Å². The third-order valence-corrected chi connectivity index (χ3v) is 3.99. The van der Waals surface area contributed by atoms with Crippen LogP contribution in [0.5, 0.6) is 0 Å². The van der Waals surface area contributed by atoms with Crippen LogP contribution in [0.3, 0.4) is 0 Å². The zero-order valence-electron chi connectivity index (χ0n) is 13.3. The number of carbonyl (C=O) groups excluding carboxylic acids is 1. The SMILES string of the molecule is CC(CCc1ccccc1F)C(=O)NCc1ccccc1CO. The largest absolute Gasteiger partial charge is 0.392 e. The molecule has 0 spiro atoms. The van der Waals surface area contributed by atoms with E-state index in [-0.39, 0.29) is 24.2 Å². The Morgan fingerprint density at radius 3 is 2.35 bits per heavy atom. The van der Waals surface area contributed by atoms with E-state index in [1.165, 1.54) is 6.07 Å². The average molecular weight is 315 g/mol. The van der Waals surface area contributed by atoms with Crippen molar-refractivity contribution in [3.05, 3.63) is 71.0 Å². The molecule has 2 aromatic carbocycles. The molecule has 2 rings (SSSR count). The molecule has 0 saturated carbocycles. The van der Waals surface area contributed by atoms with Crippen molar-refractivity contribution in [3.8, 4) is 0 Å². The molecular weight excluding hydrogens is 293 g/mol. The van der Waals surface area contributed by atoms with Gasteiger partial charge in [0.1, 0.15) is 5.82 Å². The second-order valence-corrected chi connectivity index (χ2v) is 5.68. The third kappa shape index (κ3) is 4.89. The van der Waals surface area contributed by atoms with Gasteiger partial charge in [0.25, 0.3) is 0 Å². The fourth-order valence-corrected chi connectivity index (χ4v) is 2.45. The predicted molar refractivity (Wildman–Crippen MR) is 88.1 cm³/mol. The normalized spacial score (nSPS) is 12.0. The van der Waals surface area contributed by atoms with Gasteiger partial charge < -0.3 is 10.4 Å². The summed E-state index contributed by atoms with van der Waals surface area (Å²) in [4.78, 5) is 12.2. The van der Waals surface area contributed by atoms with Crippen LogP contribution in [0.2, 0.25) is 0 Å². The molecule has 0 heterocycles. The van der Waals surface area contributed by atoms with Gasteiger partial charge in [-0.25, -0.2) is 4.39 Å². The summed E-state index contributed by atoms with van der Waals surface area (Å²) in [5.74, 6) is -0.484. The Morgan fingerprint density at radius 1 is 1.09 bits per heavy atom. The van der Waals surface area contributed by atoms with Gasteiger partial charge in [-0.3, -0.25) is 4.79 Å². The topological polar surface area (TPSA) is 49.3 Å². The molecule has 122 valence electrons. The number of amides is 1. The molecular formula is C19H22FNO2. The van der Waals surface area contributed by atoms with Crippen molar-refractivity contribution in [2.45, 2.75) is 32.9 Å². The van der Waals surface area contributed by atoms with E-state index >= 15 is 0 Å².